The molecular formula is C13H23N3S. The first-order valence-electron chi connectivity index (χ1n) is 6.36. The van der Waals surface area contributed by atoms with Gasteiger partial charge in [-0.2, -0.15) is 0 Å². The Balaban J connectivity index is 2.06. The molecule has 0 saturated carbocycles. The summed E-state index contributed by atoms with van der Waals surface area (Å²) in [4.78, 5) is 7.12. The number of thiazole rings is 1. The Bertz CT molecular complexity index is 372. The fraction of sp³-hybridized carbons (Fsp3) is 0.769. The molecule has 0 bridgehead atoms. The number of nitrogens with one attached hydrogen (secondary N) is 1. The number of hydrogen-bond donors (Lipinski definition) is 1. The maximum Gasteiger partial charge on any atom is 0.0897 e. The van der Waals surface area contributed by atoms with E-state index in [2.05, 4.69) is 48.3 Å². The van der Waals surface area contributed by atoms with Gasteiger partial charge in [0.2, 0.25) is 0 Å². The highest BCUT2D eigenvalue weighted by Crippen LogP contribution is 2.19. The molecular weight excluding hydrogens is 230 g/mol. The Morgan fingerprint density at radius 1 is 1.59 bits per heavy atom. The predicted octanol–water partition coefficient (Wildman–Crippen LogP) is 2.41. The summed E-state index contributed by atoms with van der Waals surface area (Å²) >= 11 is 1.75. The number of hydrogen-bond acceptors (Lipinski definition) is 4. The Hall–Kier alpha value is -0.450. The second-order valence-electron chi connectivity index (χ2n) is 5.71. The van der Waals surface area contributed by atoms with Crippen molar-refractivity contribution in [3.05, 3.63) is 16.1 Å². The van der Waals surface area contributed by atoms with Crippen molar-refractivity contribution < 1.29 is 0 Å². The molecule has 1 N–H and O–H groups in total. The first-order chi connectivity index (χ1) is 7.96. The van der Waals surface area contributed by atoms with Crippen LogP contribution in [-0.4, -0.2) is 34.6 Å². The van der Waals surface area contributed by atoms with Crippen molar-refractivity contribution in [3.8, 4) is 0 Å². The van der Waals surface area contributed by atoms with Gasteiger partial charge in [0, 0.05) is 30.1 Å². The Morgan fingerprint density at radius 3 is 3.00 bits per heavy atom. The molecule has 1 aliphatic heterocycles. The van der Waals surface area contributed by atoms with Crippen LogP contribution in [0, 0.1) is 6.92 Å². The lowest BCUT2D eigenvalue weighted by Gasteiger charge is -2.32. The Kier molecular flexibility index (Phi) is 3.85. The maximum atomic E-state index is 4.57. The third kappa shape index (κ3) is 3.50. The van der Waals surface area contributed by atoms with Crippen LogP contribution in [0.2, 0.25) is 0 Å². The van der Waals surface area contributed by atoms with Crippen molar-refractivity contribution in [2.45, 2.75) is 52.2 Å². The molecule has 1 aliphatic rings. The molecule has 1 aromatic rings. The van der Waals surface area contributed by atoms with Crippen molar-refractivity contribution >= 4 is 11.3 Å². The van der Waals surface area contributed by atoms with Crippen LogP contribution in [0.25, 0.3) is 0 Å². The highest BCUT2D eigenvalue weighted by Gasteiger charge is 2.28. The molecule has 96 valence electrons. The normalized spacial score (nSPS) is 25.8. The molecule has 0 radical (unpaired) electrons. The molecule has 1 saturated heterocycles. The quantitative estimate of drug-likeness (QED) is 0.877. The van der Waals surface area contributed by atoms with Gasteiger partial charge in [0.05, 0.1) is 10.7 Å². The molecule has 2 rings (SSSR count). The van der Waals surface area contributed by atoms with Crippen LogP contribution in [0.15, 0.2) is 5.38 Å². The van der Waals surface area contributed by atoms with Gasteiger partial charge in [0.15, 0.2) is 0 Å². The van der Waals surface area contributed by atoms with E-state index in [-0.39, 0.29) is 5.54 Å². The van der Waals surface area contributed by atoms with Crippen LogP contribution < -0.4 is 5.32 Å². The van der Waals surface area contributed by atoms with E-state index in [1.807, 2.05) is 0 Å². The zero-order valence-electron chi connectivity index (χ0n) is 11.3. The molecule has 1 unspecified atom stereocenters. The van der Waals surface area contributed by atoms with E-state index in [9.17, 15) is 0 Å². The van der Waals surface area contributed by atoms with Gasteiger partial charge >= 0.3 is 0 Å². The van der Waals surface area contributed by atoms with Crippen LogP contribution >= 0.6 is 11.3 Å². The van der Waals surface area contributed by atoms with E-state index in [0.717, 1.165) is 19.6 Å². The van der Waals surface area contributed by atoms with Crippen LogP contribution in [0.4, 0.5) is 0 Å². The average Bonchev–Trinajstić information content (AvgIpc) is 2.56. The van der Waals surface area contributed by atoms with E-state index in [1.54, 1.807) is 11.3 Å². The molecule has 0 aromatic carbocycles. The van der Waals surface area contributed by atoms with E-state index >= 15 is 0 Å². The van der Waals surface area contributed by atoms with E-state index < -0.39 is 0 Å². The van der Waals surface area contributed by atoms with Crippen molar-refractivity contribution in [2.75, 3.05) is 13.1 Å². The van der Waals surface area contributed by atoms with Crippen molar-refractivity contribution in [1.29, 1.82) is 0 Å². The monoisotopic (exact) mass is 253 g/mol. The van der Waals surface area contributed by atoms with Gasteiger partial charge in [-0.15, -0.1) is 11.3 Å². The fourth-order valence-corrected chi connectivity index (χ4v) is 3.03. The molecule has 17 heavy (non-hydrogen) atoms. The van der Waals surface area contributed by atoms with E-state index in [4.69, 9.17) is 0 Å². The fourth-order valence-electron chi connectivity index (χ4n) is 2.42. The minimum atomic E-state index is 0.204. The third-order valence-electron chi connectivity index (χ3n) is 3.42. The molecule has 1 aromatic heterocycles. The van der Waals surface area contributed by atoms with Crippen molar-refractivity contribution in [1.82, 2.24) is 15.2 Å². The molecule has 1 fully saturated rings. The summed E-state index contributed by atoms with van der Waals surface area (Å²) in [6.07, 6.45) is 1.21. The number of rotatable bonds is 2. The van der Waals surface area contributed by atoms with Crippen LogP contribution in [0.1, 0.15) is 37.9 Å². The average molecular weight is 253 g/mol. The van der Waals surface area contributed by atoms with Gasteiger partial charge in [-0.05, 0) is 40.7 Å². The molecule has 1 atom stereocenters. The van der Waals surface area contributed by atoms with Gasteiger partial charge in [0.1, 0.15) is 0 Å². The van der Waals surface area contributed by atoms with Crippen LogP contribution in [0.5, 0.6) is 0 Å². The second kappa shape index (κ2) is 5.04. The smallest absolute Gasteiger partial charge is 0.0897 e. The zero-order valence-corrected chi connectivity index (χ0v) is 12.1. The zero-order chi connectivity index (χ0) is 12.5. The molecule has 2 heterocycles. The topological polar surface area (TPSA) is 28.2 Å². The third-order valence-corrected chi connectivity index (χ3v) is 4.24. The molecule has 0 amide bonds. The van der Waals surface area contributed by atoms with Crippen LogP contribution in [0.3, 0.4) is 0 Å². The Labute approximate surface area is 108 Å². The first-order valence-corrected chi connectivity index (χ1v) is 7.24. The van der Waals surface area contributed by atoms with Gasteiger partial charge in [0.25, 0.3) is 0 Å². The molecule has 4 heteroatoms. The molecule has 0 aliphatic carbocycles. The van der Waals surface area contributed by atoms with E-state index in [1.165, 1.54) is 17.1 Å². The molecule has 0 spiro atoms. The van der Waals surface area contributed by atoms with Gasteiger partial charge in [-0.3, -0.25) is 4.90 Å². The largest absolute Gasteiger partial charge is 0.310 e. The highest BCUT2D eigenvalue weighted by molar-refractivity contribution is 7.09. The van der Waals surface area contributed by atoms with Gasteiger partial charge in [-0.25, -0.2) is 4.98 Å². The SMILES string of the molecule is Cc1nc(CN2CC(C)(C)NCCC2C)cs1. The highest BCUT2D eigenvalue weighted by atomic mass is 32.1. The summed E-state index contributed by atoms with van der Waals surface area (Å²) in [6.45, 7) is 12.1. The summed E-state index contributed by atoms with van der Waals surface area (Å²) in [5, 5.41) is 6.97. The summed E-state index contributed by atoms with van der Waals surface area (Å²) in [7, 11) is 0. The molecule has 3 nitrogen and oxygen atoms in total. The minimum Gasteiger partial charge on any atom is -0.310 e. The maximum absolute atomic E-state index is 4.57. The van der Waals surface area contributed by atoms with Gasteiger partial charge < -0.3 is 5.32 Å². The second-order valence-corrected chi connectivity index (χ2v) is 6.77. The lowest BCUT2D eigenvalue weighted by molar-refractivity contribution is 0.171. The Morgan fingerprint density at radius 2 is 2.35 bits per heavy atom. The van der Waals surface area contributed by atoms with E-state index in [0.29, 0.717) is 6.04 Å². The van der Waals surface area contributed by atoms with Crippen LogP contribution in [-0.2, 0) is 6.54 Å². The first kappa shape index (κ1) is 13.0. The van der Waals surface area contributed by atoms with Crippen molar-refractivity contribution in [2.24, 2.45) is 0 Å². The van der Waals surface area contributed by atoms with Crippen molar-refractivity contribution in [3.63, 3.8) is 0 Å². The predicted molar refractivity (Wildman–Crippen MR) is 73.4 cm³/mol. The number of nitrogens with zero attached hydrogens (tertiary/aromatic N) is 2. The lowest BCUT2D eigenvalue weighted by Crippen LogP contribution is -2.47. The number of aryl methyl sites for hydroxylation is 1. The minimum absolute atomic E-state index is 0.204. The number of aromatic nitrogens is 1. The lowest BCUT2D eigenvalue weighted by atomic mass is 10.1. The summed E-state index contributed by atoms with van der Waals surface area (Å²) in [5.74, 6) is 0. The standard InChI is InChI=1S/C13H23N3S/c1-10-5-6-14-13(3,4)9-16(10)7-12-8-17-11(2)15-12/h8,10,14H,5-7,9H2,1-4H3. The summed E-state index contributed by atoms with van der Waals surface area (Å²) in [6, 6.07) is 0.631. The van der Waals surface area contributed by atoms with Gasteiger partial charge in [-0.1, -0.05) is 0 Å². The summed E-state index contributed by atoms with van der Waals surface area (Å²) < 4.78 is 0. The summed E-state index contributed by atoms with van der Waals surface area (Å²) in [5.41, 5.74) is 1.42.